The van der Waals surface area contributed by atoms with E-state index in [4.69, 9.17) is 4.74 Å². The summed E-state index contributed by atoms with van der Waals surface area (Å²) in [5, 5.41) is 0. The molecule has 0 aromatic rings. The molecule has 2 heteroatoms. The van der Waals surface area contributed by atoms with Crippen LogP contribution in [0.4, 0.5) is 0 Å². The third kappa shape index (κ3) is 1.95. The lowest BCUT2D eigenvalue weighted by Gasteiger charge is -2.29. The Bertz CT molecular complexity index is 78.2. The molecule has 1 aliphatic heterocycles. The SMILES string of the molecule is CCN(C)CC1CCO1. The van der Waals surface area contributed by atoms with Gasteiger partial charge in [-0.2, -0.15) is 0 Å². The second-order valence-electron chi connectivity index (χ2n) is 2.64. The van der Waals surface area contributed by atoms with E-state index in [1.165, 1.54) is 6.42 Å². The molecule has 9 heavy (non-hydrogen) atoms. The van der Waals surface area contributed by atoms with E-state index in [-0.39, 0.29) is 0 Å². The van der Waals surface area contributed by atoms with Crippen molar-refractivity contribution in [3.8, 4) is 0 Å². The first-order chi connectivity index (χ1) is 4.33. The Morgan fingerprint density at radius 1 is 1.67 bits per heavy atom. The van der Waals surface area contributed by atoms with Crippen molar-refractivity contribution in [3.63, 3.8) is 0 Å². The van der Waals surface area contributed by atoms with Crippen molar-refractivity contribution in [2.75, 3.05) is 26.7 Å². The first-order valence-electron chi connectivity index (χ1n) is 3.63. The van der Waals surface area contributed by atoms with Gasteiger partial charge in [0.25, 0.3) is 0 Å². The van der Waals surface area contributed by atoms with Crippen LogP contribution in [0.25, 0.3) is 0 Å². The van der Waals surface area contributed by atoms with Crippen LogP contribution in [-0.4, -0.2) is 37.7 Å². The molecule has 0 saturated carbocycles. The van der Waals surface area contributed by atoms with Crippen molar-refractivity contribution in [3.05, 3.63) is 0 Å². The Balaban J connectivity index is 2.01. The minimum Gasteiger partial charge on any atom is -0.377 e. The third-order valence-corrected chi connectivity index (χ3v) is 1.85. The van der Waals surface area contributed by atoms with Crippen LogP contribution in [0, 0.1) is 0 Å². The second-order valence-corrected chi connectivity index (χ2v) is 2.64. The first-order valence-corrected chi connectivity index (χ1v) is 3.63. The fourth-order valence-electron chi connectivity index (χ4n) is 0.905. The van der Waals surface area contributed by atoms with E-state index in [2.05, 4.69) is 18.9 Å². The molecule has 0 N–H and O–H groups in total. The van der Waals surface area contributed by atoms with Gasteiger partial charge in [0, 0.05) is 13.2 Å². The summed E-state index contributed by atoms with van der Waals surface area (Å²) in [6.07, 6.45) is 1.79. The number of hydrogen-bond donors (Lipinski definition) is 0. The number of hydrogen-bond acceptors (Lipinski definition) is 2. The molecule has 1 unspecified atom stereocenters. The zero-order valence-corrected chi connectivity index (χ0v) is 6.26. The van der Waals surface area contributed by atoms with Gasteiger partial charge in [0.05, 0.1) is 6.10 Å². The molecule has 0 radical (unpaired) electrons. The predicted octanol–water partition coefficient (Wildman–Crippen LogP) is 0.727. The molecule has 0 spiro atoms. The van der Waals surface area contributed by atoms with Gasteiger partial charge in [-0.05, 0) is 20.0 Å². The lowest BCUT2D eigenvalue weighted by molar-refractivity contribution is -0.0630. The summed E-state index contributed by atoms with van der Waals surface area (Å²) >= 11 is 0. The molecule has 1 aliphatic rings. The highest BCUT2D eigenvalue weighted by Gasteiger charge is 2.18. The van der Waals surface area contributed by atoms with Gasteiger partial charge in [0.2, 0.25) is 0 Å². The lowest BCUT2D eigenvalue weighted by atomic mass is 10.2. The normalized spacial score (nSPS) is 26.3. The minimum atomic E-state index is 0.537. The van der Waals surface area contributed by atoms with Crippen LogP contribution < -0.4 is 0 Å². The van der Waals surface area contributed by atoms with E-state index >= 15 is 0 Å². The van der Waals surface area contributed by atoms with Crippen molar-refractivity contribution in [1.29, 1.82) is 0 Å². The van der Waals surface area contributed by atoms with Crippen LogP contribution in [0.1, 0.15) is 13.3 Å². The standard InChI is InChI=1S/C7H15NO/c1-3-8(2)6-7-4-5-9-7/h7H,3-6H2,1-2H3. The average Bonchev–Trinajstić information content (AvgIpc) is 1.78. The highest BCUT2D eigenvalue weighted by Crippen LogP contribution is 2.10. The number of ether oxygens (including phenoxy) is 1. The molecular formula is C7H15NO. The monoisotopic (exact) mass is 129 g/mol. The van der Waals surface area contributed by atoms with E-state index in [9.17, 15) is 0 Å². The first kappa shape index (κ1) is 7.03. The molecule has 0 bridgehead atoms. The zero-order chi connectivity index (χ0) is 6.69. The summed E-state index contributed by atoms with van der Waals surface area (Å²) in [7, 11) is 2.13. The smallest absolute Gasteiger partial charge is 0.0723 e. The van der Waals surface area contributed by atoms with Crippen LogP contribution >= 0.6 is 0 Å². The predicted molar refractivity (Wildman–Crippen MR) is 37.5 cm³/mol. The van der Waals surface area contributed by atoms with Gasteiger partial charge in [-0.1, -0.05) is 6.92 Å². The lowest BCUT2D eigenvalue weighted by Crippen LogP contribution is -2.38. The van der Waals surface area contributed by atoms with Gasteiger partial charge in [-0.3, -0.25) is 0 Å². The van der Waals surface area contributed by atoms with Crippen LogP contribution in [-0.2, 0) is 4.74 Å². The molecule has 54 valence electrons. The highest BCUT2D eigenvalue weighted by molar-refractivity contribution is 4.69. The Morgan fingerprint density at radius 2 is 2.33 bits per heavy atom. The van der Waals surface area contributed by atoms with Crippen LogP contribution in [0.3, 0.4) is 0 Å². The van der Waals surface area contributed by atoms with Gasteiger partial charge in [0.1, 0.15) is 0 Å². The molecule has 1 fully saturated rings. The van der Waals surface area contributed by atoms with E-state index < -0.39 is 0 Å². The van der Waals surface area contributed by atoms with Crippen molar-refractivity contribution in [1.82, 2.24) is 4.90 Å². The summed E-state index contributed by atoms with van der Waals surface area (Å²) in [5.74, 6) is 0. The van der Waals surface area contributed by atoms with E-state index in [1.807, 2.05) is 0 Å². The molecule has 0 amide bonds. The fourth-order valence-corrected chi connectivity index (χ4v) is 0.905. The summed E-state index contributed by atoms with van der Waals surface area (Å²) in [6, 6.07) is 0. The van der Waals surface area contributed by atoms with Crippen molar-refractivity contribution >= 4 is 0 Å². The maximum absolute atomic E-state index is 5.26. The van der Waals surface area contributed by atoms with Crippen molar-refractivity contribution < 1.29 is 4.74 Å². The van der Waals surface area contributed by atoms with Gasteiger partial charge in [-0.25, -0.2) is 0 Å². The van der Waals surface area contributed by atoms with E-state index in [1.54, 1.807) is 0 Å². The van der Waals surface area contributed by atoms with Gasteiger partial charge < -0.3 is 9.64 Å². The number of likely N-dealkylation sites (N-methyl/N-ethyl adjacent to an activating group) is 1. The molecule has 0 aromatic carbocycles. The Kier molecular flexibility index (Phi) is 2.49. The summed E-state index contributed by atoms with van der Waals surface area (Å²) in [6.45, 7) is 5.37. The van der Waals surface area contributed by atoms with E-state index in [0.717, 1.165) is 19.7 Å². The summed E-state index contributed by atoms with van der Waals surface area (Å²) < 4.78 is 5.26. The molecule has 1 saturated heterocycles. The third-order valence-electron chi connectivity index (χ3n) is 1.85. The Morgan fingerprint density at radius 3 is 2.67 bits per heavy atom. The fraction of sp³-hybridized carbons (Fsp3) is 1.00. The Labute approximate surface area is 56.8 Å². The Hall–Kier alpha value is -0.0800. The number of rotatable bonds is 3. The minimum absolute atomic E-state index is 0.537. The van der Waals surface area contributed by atoms with Crippen molar-refractivity contribution in [2.24, 2.45) is 0 Å². The molecule has 1 rings (SSSR count). The second kappa shape index (κ2) is 3.18. The topological polar surface area (TPSA) is 12.5 Å². The maximum Gasteiger partial charge on any atom is 0.0723 e. The molecule has 0 aromatic heterocycles. The van der Waals surface area contributed by atoms with Gasteiger partial charge in [0.15, 0.2) is 0 Å². The van der Waals surface area contributed by atoms with Crippen LogP contribution in [0.15, 0.2) is 0 Å². The van der Waals surface area contributed by atoms with Gasteiger partial charge in [-0.15, -0.1) is 0 Å². The summed E-state index contributed by atoms with van der Waals surface area (Å²) in [5.41, 5.74) is 0. The van der Waals surface area contributed by atoms with E-state index in [0.29, 0.717) is 6.10 Å². The summed E-state index contributed by atoms with van der Waals surface area (Å²) in [4.78, 5) is 2.28. The quantitative estimate of drug-likeness (QED) is 0.557. The molecule has 0 aliphatic carbocycles. The molecule has 1 atom stereocenters. The average molecular weight is 129 g/mol. The highest BCUT2D eigenvalue weighted by atomic mass is 16.5. The molecule has 2 nitrogen and oxygen atoms in total. The van der Waals surface area contributed by atoms with Crippen LogP contribution in [0.2, 0.25) is 0 Å². The zero-order valence-electron chi connectivity index (χ0n) is 6.26. The van der Waals surface area contributed by atoms with Crippen molar-refractivity contribution in [2.45, 2.75) is 19.4 Å². The molecular weight excluding hydrogens is 114 g/mol. The van der Waals surface area contributed by atoms with Gasteiger partial charge >= 0.3 is 0 Å². The molecule has 1 heterocycles. The maximum atomic E-state index is 5.26. The van der Waals surface area contributed by atoms with Crippen LogP contribution in [0.5, 0.6) is 0 Å². The largest absolute Gasteiger partial charge is 0.377 e. The number of nitrogens with zero attached hydrogens (tertiary/aromatic N) is 1.